The molecular weight excluding hydrogens is 1010 g/mol. The number of para-hydroxylation sites is 2. The third-order valence-electron chi connectivity index (χ3n) is 14.7. The first-order valence-corrected chi connectivity index (χ1v) is 26.2. The molecule has 81 heavy (non-hydrogen) atoms. The van der Waals surface area contributed by atoms with Gasteiger partial charge in [-0.1, -0.05) is 188 Å². The van der Waals surface area contributed by atoms with Crippen LogP contribution < -0.4 is 0 Å². The number of rotatable bonds is 9. The Morgan fingerprint density at radius 2 is 0.691 bits per heavy atom. The number of hydrogen-bond acceptors (Lipinski definition) is 7. The molecule has 0 radical (unpaired) electrons. The number of fused-ring (bicyclic) bond motifs is 6. The van der Waals surface area contributed by atoms with Gasteiger partial charge in [-0.15, -0.1) is 0 Å². The van der Waals surface area contributed by atoms with Crippen molar-refractivity contribution in [2.24, 2.45) is 0 Å². The second-order valence-corrected chi connectivity index (χ2v) is 19.8. The SMILES string of the molecule is Cc1cc(-c2c(-n3c4ccccc4c4ccc(-c5nc(-c6ccccc6)nc(-c6ccccc6)n5)cc43)cc(C#N)cc2-n2c3ccccc3c3ccc(-c4nc(-c5ccccc5)nc(-c5ccccc5)n4)cc32)cc(C(F)(F)F)c1. The van der Waals surface area contributed by atoms with Crippen LogP contribution in [0.4, 0.5) is 13.2 Å². The van der Waals surface area contributed by atoms with Crippen molar-refractivity contribution in [3.05, 3.63) is 253 Å². The minimum absolute atomic E-state index is 0.284. The van der Waals surface area contributed by atoms with Gasteiger partial charge in [-0.05, 0) is 66.6 Å². The highest BCUT2D eigenvalue weighted by atomic mass is 19.4. The van der Waals surface area contributed by atoms with Gasteiger partial charge in [0.2, 0.25) is 0 Å². The van der Waals surface area contributed by atoms with E-state index >= 15 is 13.2 Å². The van der Waals surface area contributed by atoms with Gasteiger partial charge in [0, 0.05) is 60.5 Å². The Hall–Kier alpha value is -10.9. The van der Waals surface area contributed by atoms with Crippen LogP contribution in [0, 0.1) is 18.3 Å². The highest BCUT2D eigenvalue weighted by Crippen LogP contribution is 2.45. The van der Waals surface area contributed by atoms with E-state index in [1.54, 1.807) is 25.1 Å². The average Bonchev–Trinajstić information content (AvgIpc) is 4.05. The molecule has 384 valence electrons. The molecule has 0 N–H and O–H groups in total. The normalized spacial score (nSPS) is 11.7. The number of halogens is 3. The number of aryl methyl sites for hydroxylation is 1. The molecular formula is C69H42F3N9. The number of aromatic nitrogens is 8. The van der Waals surface area contributed by atoms with Crippen molar-refractivity contribution in [2.75, 3.05) is 0 Å². The Kier molecular flexibility index (Phi) is 11.7. The second kappa shape index (κ2) is 19.5. The van der Waals surface area contributed by atoms with Gasteiger partial charge in [0.15, 0.2) is 34.9 Å². The van der Waals surface area contributed by atoms with Gasteiger partial charge in [0.1, 0.15) is 0 Å². The fourth-order valence-corrected chi connectivity index (χ4v) is 11.0. The Balaban J connectivity index is 1.07. The molecule has 0 aliphatic rings. The number of nitrogens with zero attached hydrogens (tertiary/aromatic N) is 9. The van der Waals surface area contributed by atoms with E-state index in [9.17, 15) is 5.26 Å². The lowest BCUT2D eigenvalue weighted by Gasteiger charge is -2.22. The summed E-state index contributed by atoms with van der Waals surface area (Å²) >= 11 is 0. The third kappa shape index (κ3) is 8.70. The molecule has 0 aliphatic heterocycles. The zero-order valence-electron chi connectivity index (χ0n) is 43.2. The number of benzene rings is 10. The summed E-state index contributed by atoms with van der Waals surface area (Å²) in [6, 6.07) is 77.0. The Labute approximate surface area is 462 Å². The van der Waals surface area contributed by atoms with Crippen LogP contribution in [0.2, 0.25) is 0 Å². The highest BCUT2D eigenvalue weighted by molar-refractivity contribution is 6.13. The van der Waals surface area contributed by atoms with Crippen LogP contribution in [0.25, 0.3) is 134 Å². The van der Waals surface area contributed by atoms with Gasteiger partial charge < -0.3 is 9.13 Å². The molecule has 0 spiro atoms. The predicted octanol–water partition coefficient (Wildman–Crippen LogP) is 17.1. The highest BCUT2D eigenvalue weighted by Gasteiger charge is 2.32. The first-order chi connectivity index (χ1) is 39.6. The molecule has 14 rings (SSSR count). The lowest BCUT2D eigenvalue weighted by molar-refractivity contribution is -0.137. The summed E-state index contributed by atoms with van der Waals surface area (Å²) in [5, 5.41) is 14.7. The zero-order valence-corrected chi connectivity index (χ0v) is 43.2. The van der Waals surface area contributed by atoms with Crippen LogP contribution in [-0.2, 0) is 6.18 Å². The maximum absolute atomic E-state index is 15.2. The van der Waals surface area contributed by atoms with Crippen molar-refractivity contribution >= 4 is 43.6 Å². The number of nitriles is 1. The Morgan fingerprint density at radius 3 is 1.06 bits per heavy atom. The summed E-state index contributed by atoms with van der Waals surface area (Å²) in [5.74, 6) is 2.82. The minimum atomic E-state index is -4.68. The quantitative estimate of drug-likeness (QED) is 0.142. The van der Waals surface area contributed by atoms with E-state index in [4.69, 9.17) is 29.9 Å². The summed E-state index contributed by atoms with van der Waals surface area (Å²) in [7, 11) is 0. The van der Waals surface area contributed by atoms with Crippen molar-refractivity contribution in [1.29, 1.82) is 5.26 Å². The first-order valence-electron chi connectivity index (χ1n) is 26.2. The zero-order chi connectivity index (χ0) is 54.8. The van der Waals surface area contributed by atoms with Crippen LogP contribution >= 0.6 is 0 Å². The van der Waals surface area contributed by atoms with Crippen molar-refractivity contribution in [2.45, 2.75) is 13.1 Å². The van der Waals surface area contributed by atoms with Gasteiger partial charge in [0.25, 0.3) is 0 Å². The molecule has 14 aromatic rings. The fourth-order valence-electron chi connectivity index (χ4n) is 11.0. The Bertz CT molecular complexity index is 4440. The van der Waals surface area contributed by atoms with Gasteiger partial charge in [0.05, 0.1) is 50.6 Å². The van der Waals surface area contributed by atoms with Gasteiger partial charge in [-0.2, -0.15) is 18.4 Å². The molecule has 10 aromatic carbocycles. The Morgan fingerprint density at radius 1 is 0.346 bits per heavy atom. The van der Waals surface area contributed by atoms with Crippen LogP contribution in [-0.4, -0.2) is 39.0 Å². The van der Waals surface area contributed by atoms with E-state index in [2.05, 4.69) is 15.2 Å². The van der Waals surface area contributed by atoms with Gasteiger partial charge >= 0.3 is 6.18 Å². The molecule has 0 aliphatic carbocycles. The van der Waals surface area contributed by atoms with E-state index in [0.29, 0.717) is 85.2 Å². The maximum Gasteiger partial charge on any atom is 0.416 e. The van der Waals surface area contributed by atoms with E-state index in [0.717, 1.165) is 60.9 Å². The monoisotopic (exact) mass is 1050 g/mol. The van der Waals surface area contributed by atoms with Crippen molar-refractivity contribution in [1.82, 2.24) is 39.0 Å². The van der Waals surface area contributed by atoms with E-state index < -0.39 is 11.7 Å². The van der Waals surface area contributed by atoms with Crippen LogP contribution in [0.15, 0.2) is 237 Å². The molecule has 0 fully saturated rings. The minimum Gasteiger partial charge on any atom is -0.308 e. The lowest BCUT2D eigenvalue weighted by atomic mass is 9.95. The number of hydrogen-bond donors (Lipinski definition) is 0. The molecule has 0 unspecified atom stereocenters. The van der Waals surface area contributed by atoms with E-state index in [1.807, 2.05) is 206 Å². The average molecular weight is 1050 g/mol. The van der Waals surface area contributed by atoms with Gasteiger partial charge in [-0.3, -0.25) is 0 Å². The van der Waals surface area contributed by atoms with Crippen molar-refractivity contribution in [3.63, 3.8) is 0 Å². The molecule has 0 atom stereocenters. The molecule has 0 saturated carbocycles. The summed E-state index contributed by atoms with van der Waals surface area (Å²) in [6.45, 7) is 1.67. The largest absolute Gasteiger partial charge is 0.416 e. The molecule has 0 saturated heterocycles. The van der Waals surface area contributed by atoms with Crippen LogP contribution in [0.1, 0.15) is 16.7 Å². The smallest absolute Gasteiger partial charge is 0.308 e. The van der Waals surface area contributed by atoms with Crippen LogP contribution in [0.5, 0.6) is 0 Å². The van der Waals surface area contributed by atoms with E-state index in [-0.39, 0.29) is 5.56 Å². The molecule has 9 nitrogen and oxygen atoms in total. The topological polar surface area (TPSA) is 111 Å². The van der Waals surface area contributed by atoms with E-state index in [1.165, 1.54) is 6.07 Å². The van der Waals surface area contributed by atoms with Crippen LogP contribution in [0.3, 0.4) is 0 Å². The summed E-state index contributed by atoms with van der Waals surface area (Å²) in [6.07, 6.45) is -4.68. The van der Waals surface area contributed by atoms with Crippen molar-refractivity contribution < 1.29 is 13.2 Å². The molecule has 12 heteroatoms. The molecule has 4 heterocycles. The standard InChI is InChI=1S/C69H42F3N9/c1-42-34-50(38-51(35-42)69(70,71)72)62-60(80-56-28-16-14-26-52(56)54-32-30-48(39-58(54)80)67-76-63(44-18-6-2-7-19-44)74-64(77-67)45-20-8-3-9-21-45)36-43(41-73)37-61(62)81-57-29-17-15-27-53(57)55-33-31-49(40-59(55)81)68-78-65(46-22-10-4-11-23-46)75-66(79-68)47-24-12-5-13-25-47/h2-40H,1H3. The molecule has 0 amide bonds. The van der Waals surface area contributed by atoms with Gasteiger partial charge in [-0.25, -0.2) is 29.9 Å². The summed E-state index contributed by atoms with van der Waals surface area (Å²) in [4.78, 5) is 30.2. The maximum atomic E-state index is 15.2. The second-order valence-electron chi connectivity index (χ2n) is 19.8. The number of alkyl halides is 3. The predicted molar refractivity (Wildman–Crippen MR) is 314 cm³/mol. The first kappa shape index (κ1) is 48.5. The molecule has 4 aromatic heterocycles. The molecule has 0 bridgehead atoms. The fraction of sp³-hybridized carbons (Fsp3) is 0.0290. The summed E-state index contributed by atoms with van der Waals surface area (Å²) in [5.41, 5.74) is 9.19. The van der Waals surface area contributed by atoms with Crippen molar-refractivity contribution in [3.8, 4) is 96.9 Å². The summed E-state index contributed by atoms with van der Waals surface area (Å²) < 4.78 is 49.8. The third-order valence-corrected chi connectivity index (χ3v) is 14.7. The lowest BCUT2D eigenvalue weighted by Crippen LogP contribution is -2.08.